The van der Waals surface area contributed by atoms with E-state index in [0.29, 0.717) is 0 Å². The Balaban J connectivity index is 1.74. The van der Waals surface area contributed by atoms with Gasteiger partial charge in [0.1, 0.15) is 5.41 Å². The van der Waals surface area contributed by atoms with Crippen LogP contribution in [0.3, 0.4) is 0 Å². The van der Waals surface area contributed by atoms with E-state index in [1.54, 1.807) is 0 Å². The summed E-state index contributed by atoms with van der Waals surface area (Å²) in [7, 11) is 2.15. The Morgan fingerprint density at radius 1 is 1.24 bits per heavy atom. The summed E-state index contributed by atoms with van der Waals surface area (Å²) in [4.78, 5) is 10.1. The third-order valence-electron chi connectivity index (χ3n) is 5.56. The molecule has 0 bridgehead atoms. The van der Waals surface area contributed by atoms with E-state index in [2.05, 4.69) is 59.2 Å². The van der Waals surface area contributed by atoms with Gasteiger partial charge in [0.25, 0.3) is 0 Å². The summed E-state index contributed by atoms with van der Waals surface area (Å²) in [6.45, 7) is 2.95. The van der Waals surface area contributed by atoms with Crippen molar-refractivity contribution in [2.75, 3.05) is 13.6 Å². The molecule has 0 radical (unpaired) electrons. The third kappa shape index (κ3) is 2.71. The molecule has 2 aromatic heterocycles. The molecule has 3 aromatic rings. The fourth-order valence-corrected chi connectivity index (χ4v) is 3.95. The van der Waals surface area contributed by atoms with Crippen molar-refractivity contribution < 1.29 is 0 Å². The van der Waals surface area contributed by atoms with Crippen LogP contribution in [-0.2, 0) is 5.41 Å². The van der Waals surface area contributed by atoms with E-state index in [9.17, 15) is 5.26 Å². The van der Waals surface area contributed by atoms with Crippen LogP contribution in [0.1, 0.15) is 35.7 Å². The lowest BCUT2D eigenvalue weighted by Crippen LogP contribution is -2.42. The Kier molecular flexibility index (Phi) is 3.82. The number of hydrogen-bond donors (Lipinski definition) is 1. The lowest BCUT2D eigenvalue weighted by atomic mass is 9.72. The van der Waals surface area contributed by atoms with E-state index >= 15 is 0 Å². The Labute approximate surface area is 148 Å². The molecule has 0 spiro atoms. The number of nitrogens with zero attached hydrogens (tertiary/aromatic N) is 3. The number of rotatable bonds is 2. The fraction of sp³-hybridized carbons (Fsp3) is 0.333. The first-order valence-corrected chi connectivity index (χ1v) is 8.72. The monoisotopic (exact) mass is 330 g/mol. The van der Waals surface area contributed by atoms with Crippen LogP contribution >= 0.6 is 0 Å². The minimum atomic E-state index is -0.518. The van der Waals surface area contributed by atoms with Gasteiger partial charge in [-0.3, -0.25) is 9.88 Å². The number of nitrogens with one attached hydrogen (secondary N) is 1. The number of nitriles is 1. The van der Waals surface area contributed by atoms with Crippen molar-refractivity contribution in [2.24, 2.45) is 0 Å². The van der Waals surface area contributed by atoms with Crippen LogP contribution in [0.2, 0.25) is 0 Å². The van der Waals surface area contributed by atoms with Crippen LogP contribution in [0.25, 0.3) is 10.8 Å². The molecular formula is C21H22N4. The fourth-order valence-electron chi connectivity index (χ4n) is 3.95. The SMILES string of the molecule is Cc1ccnc(C2(C#N)CCN(C)C(c3ccc4c[nH]cc4c3)C2)c1. The molecule has 1 aromatic carbocycles. The highest BCUT2D eigenvalue weighted by atomic mass is 15.1. The number of fused-ring (bicyclic) bond motifs is 1. The van der Waals surface area contributed by atoms with Gasteiger partial charge < -0.3 is 4.98 Å². The molecular weight excluding hydrogens is 308 g/mol. The lowest BCUT2D eigenvalue weighted by molar-refractivity contribution is 0.142. The zero-order valence-corrected chi connectivity index (χ0v) is 14.7. The van der Waals surface area contributed by atoms with E-state index in [0.717, 1.165) is 30.6 Å². The predicted octanol–water partition coefficient (Wildman–Crippen LogP) is 4.10. The first kappa shape index (κ1) is 15.9. The number of aromatic nitrogens is 2. The maximum Gasteiger partial charge on any atom is 0.102 e. The topological polar surface area (TPSA) is 55.7 Å². The highest BCUT2D eigenvalue weighted by molar-refractivity contribution is 5.82. The molecule has 0 saturated carbocycles. The largest absolute Gasteiger partial charge is 0.366 e. The molecule has 126 valence electrons. The van der Waals surface area contributed by atoms with Crippen LogP contribution in [0.5, 0.6) is 0 Å². The Hall–Kier alpha value is -2.64. The number of likely N-dealkylation sites (tertiary alicyclic amines) is 1. The Bertz CT molecular complexity index is 952. The molecule has 1 N–H and O–H groups in total. The number of piperidine rings is 1. The van der Waals surface area contributed by atoms with Crippen LogP contribution in [-0.4, -0.2) is 28.5 Å². The van der Waals surface area contributed by atoms with Gasteiger partial charge in [0.15, 0.2) is 0 Å². The molecule has 4 rings (SSSR count). The second-order valence-electron chi connectivity index (χ2n) is 7.21. The summed E-state index contributed by atoms with van der Waals surface area (Å²) in [6.07, 6.45) is 7.45. The Morgan fingerprint density at radius 3 is 2.88 bits per heavy atom. The van der Waals surface area contributed by atoms with E-state index in [4.69, 9.17) is 0 Å². The summed E-state index contributed by atoms with van der Waals surface area (Å²) >= 11 is 0. The molecule has 1 saturated heterocycles. The number of pyridine rings is 1. The summed E-state index contributed by atoms with van der Waals surface area (Å²) < 4.78 is 0. The maximum absolute atomic E-state index is 10.1. The van der Waals surface area contributed by atoms with Crippen molar-refractivity contribution in [3.05, 3.63) is 65.7 Å². The van der Waals surface area contributed by atoms with Gasteiger partial charge in [-0.25, -0.2) is 0 Å². The van der Waals surface area contributed by atoms with E-state index in [-0.39, 0.29) is 6.04 Å². The highest BCUT2D eigenvalue weighted by Gasteiger charge is 2.42. The van der Waals surface area contributed by atoms with Crippen LogP contribution in [0.15, 0.2) is 48.9 Å². The van der Waals surface area contributed by atoms with Gasteiger partial charge in [-0.1, -0.05) is 12.1 Å². The van der Waals surface area contributed by atoms with Crippen molar-refractivity contribution >= 4 is 10.8 Å². The van der Waals surface area contributed by atoms with E-state index in [1.165, 1.54) is 16.3 Å². The zero-order valence-electron chi connectivity index (χ0n) is 14.7. The molecule has 1 aliphatic rings. The molecule has 4 nitrogen and oxygen atoms in total. The lowest BCUT2D eigenvalue weighted by Gasteiger charge is -2.41. The molecule has 2 atom stereocenters. The normalized spacial score (nSPS) is 24.3. The minimum Gasteiger partial charge on any atom is -0.366 e. The molecule has 1 fully saturated rings. The molecule has 25 heavy (non-hydrogen) atoms. The number of hydrogen-bond acceptors (Lipinski definition) is 3. The summed E-state index contributed by atoms with van der Waals surface area (Å²) in [5.74, 6) is 0. The van der Waals surface area contributed by atoms with Gasteiger partial charge in [-0.2, -0.15) is 5.26 Å². The highest BCUT2D eigenvalue weighted by Crippen LogP contribution is 2.43. The smallest absolute Gasteiger partial charge is 0.102 e. The van der Waals surface area contributed by atoms with E-state index < -0.39 is 5.41 Å². The maximum atomic E-state index is 10.1. The third-order valence-corrected chi connectivity index (χ3v) is 5.56. The number of H-pyrrole nitrogens is 1. The van der Waals surface area contributed by atoms with Crippen LogP contribution < -0.4 is 0 Å². The molecule has 0 amide bonds. The van der Waals surface area contributed by atoms with Gasteiger partial charge in [-0.05, 0) is 66.9 Å². The molecule has 4 heteroatoms. The van der Waals surface area contributed by atoms with Gasteiger partial charge >= 0.3 is 0 Å². The summed E-state index contributed by atoms with van der Waals surface area (Å²) in [6, 6.07) is 13.5. The summed E-state index contributed by atoms with van der Waals surface area (Å²) in [5, 5.41) is 12.5. The average molecular weight is 330 g/mol. The molecule has 0 aliphatic carbocycles. The van der Waals surface area contributed by atoms with Crippen molar-refractivity contribution in [1.29, 1.82) is 5.26 Å². The van der Waals surface area contributed by atoms with Gasteiger partial charge in [0, 0.05) is 31.2 Å². The van der Waals surface area contributed by atoms with Crippen LogP contribution in [0.4, 0.5) is 0 Å². The molecule has 1 aliphatic heterocycles. The average Bonchev–Trinajstić information content (AvgIpc) is 3.10. The van der Waals surface area contributed by atoms with Crippen molar-refractivity contribution in [3.8, 4) is 6.07 Å². The van der Waals surface area contributed by atoms with Gasteiger partial charge in [-0.15, -0.1) is 0 Å². The Morgan fingerprint density at radius 2 is 2.08 bits per heavy atom. The van der Waals surface area contributed by atoms with Gasteiger partial charge in [0.2, 0.25) is 0 Å². The quantitative estimate of drug-likeness (QED) is 0.769. The number of benzene rings is 1. The molecule has 3 heterocycles. The first-order valence-electron chi connectivity index (χ1n) is 8.72. The predicted molar refractivity (Wildman–Crippen MR) is 99.2 cm³/mol. The zero-order chi connectivity index (χ0) is 17.4. The van der Waals surface area contributed by atoms with Crippen molar-refractivity contribution in [3.63, 3.8) is 0 Å². The van der Waals surface area contributed by atoms with Gasteiger partial charge in [0.05, 0.1) is 11.8 Å². The number of aromatic amines is 1. The summed E-state index contributed by atoms with van der Waals surface area (Å²) in [5.41, 5.74) is 2.82. The standard InChI is InChI=1S/C21H22N4/c1-15-5-7-24-20(9-15)21(14-22)6-8-25(2)19(11-21)16-3-4-17-12-23-13-18(17)10-16/h3-5,7,9-10,12-13,19,23H,6,8,11H2,1-2H3. The second kappa shape index (κ2) is 6.02. The minimum absolute atomic E-state index is 0.218. The second-order valence-corrected chi connectivity index (χ2v) is 7.21. The van der Waals surface area contributed by atoms with Crippen molar-refractivity contribution in [1.82, 2.24) is 14.9 Å². The van der Waals surface area contributed by atoms with Crippen molar-refractivity contribution in [2.45, 2.75) is 31.2 Å². The molecule has 2 unspecified atom stereocenters. The van der Waals surface area contributed by atoms with E-state index in [1.807, 2.05) is 24.7 Å². The first-order chi connectivity index (χ1) is 12.1. The van der Waals surface area contributed by atoms with Crippen LogP contribution in [0, 0.1) is 18.3 Å². The number of aryl methyl sites for hydroxylation is 1.